The zero-order valence-corrected chi connectivity index (χ0v) is 12.6. The molecule has 0 aliphatic heterocycles. The van der Waals surface area contributed by atoms with E-state index in [9.17, 15) is 0 Å². The normalized spacial score (nSPS) is 11.7. The number of aromatic nitrogens is 2. The highest BCUT2D eigenvalue weighted by molar-refractivity contribution is 7.09. The summed E-state index contributed by atoms with van der Waals surface area (Å²) < 4.78 is 0. The fourth-order valence-electron chi connectivity index (χ4n) is 1.68. The maximum Gasteiger partial charge on any atom is 0.0941 e. The highest BCUT2D eigenvalue weighted by Gasteiger charge is 2.16. The number of nitrogens with one attached hydrogen (secondary N) is 1. The van der Waals surface area contributed by atoms with Crippen LogP contribution >= 0.6 is 11.3 Å². The molecule has 0 fully saturated rings. The first-order valence-electron chi connectivity index (χ1n) is 6.61. The highest BCUT2D eigenvalue weighted by Crippen LogP contribution is 2.23. The summed E-state index contributed by atoms with van der Waals surface area (Å²) in [7, 11) is 0. The van der Waals surface area contributed by atoms with E-state index < -0.39 is 0 Å². The molecule has 2 heterocycles. The average molecular weight is 275 g/mol. The monoisotopic (exact) mass is 275 g/mol. The Bertz CT molecular complexity index is 500. The Kier molecular flexibility index (Phi) is 4.66. The predicted molar refractivity (Wildman–Crippen MR) is 80.5 cm³/mol. The summed E-state index contributed by atoms with van der Waals surface area (Å²) in [4.78, 5) is 8.97. The summed E-state index contributed by atoms with van der Waals surface area (Å²) in [6.45, 7) is 8.35. The molecular weight excluding hydrogens is 254 g/mol. The molecule has 0 aromatic carbocycles. The fraction of sp³-hybridized carbons (Fsp3) is 0.467. The maximum absolute atomic E-state index is 4.69. The van der Waals surface area contributed by atoms with E-state index in [-0.39, 0.29) is 5.41 Å². The third kappa shape index (κ3) is 4.40. The Morgan fingerprint density at radius 1 is 1.26 bits per heavy atom. The van der Waals surface area contributed by atoms with Crippen LogP contribution in [0.3, 0.4) is 0 Å². The van der Waals surface area contributed by atoms with Gasteiger partial charge in [-0.05, 0) is 12.1 Å². The summed E-state index contributed by atoms with van der Waals surface area (Å²) in [5.74, 6) is 0. The van der Waals surface area contributed by atoms with Gasteiger partial charge >= 0.3 is 0 Å². The smallest absolute Gasteiger partial charge is 0.0941 e. The van der Waals surface area contributed by atoms with Crippen LogP contribution in [-0.2, 0) is 18.4 Å². The van der Waals surface area contributed by atoms with Gasteiger partial charge in [-0.25, -0.2) is 4.98 Å². The summed E-state index contributed by atoms with van der Waals surface area (Å²) in [6, 6.07) is 5.99. The van der Waals surface area contributed by atoms with E-state index in [2.05, 4.69) is 41.4 Å². The van der Waals surface area contributed by atoms with Gasteiger partial charge in [-0.2, -0.15) is 0 Å². The van der Waals surface area contributed by atoms with Crippen molar-refractivity contribution < 1.29 is 0 Å². The Morgan fingerprint density at radius 3 is 2.74 bits per heavy atom. The van der Waals surface area contributed by atoms with Crippen LogP contribution in [0.25, 0.3) is 0 Å². The minimum atomic E-state index is 0.149. The Labute approximate surface area is 119 Å². The molecule has 2 aromatic heterocycles. The minimum absolute atomic E-state index is 0.149. The molecule has 0 amide bonds. The SMILES string of the molecule is CC(C)(C)c1csc(CCNCc2ccccn2)n1. The van der Waals surface area contributed by atoms with Crippen LogP contribution < -0.4 is 5.32 Å². The summed E-state index contributed by atoms with van der Waals surface area (Å²) in [5.41, 5.74) is 2.42. The average Bonchev–Trinajstić information content (AvgIpc) is 2.85. The number of thiazole rings is 1. The fourth-order valence-corrected chi connectivity index (χ4v) is 2.71. The zero-order chi connectivity index (χ0) is 13.7. The van der Waals surface area contributed by atoms with Crippen LogP contribution in [0.1, 0.15) is 37.2 Å². The molecule has 0 atom stereocenters. The van der Waals surface area contributed by atoms with Crippen molar-refractivity contribution in [1.82, 2.24) is 15.3 Å². The molecule has 0 saturated carbocycles. The molecule has 3 nitrogen and oxygen atoms in total. The van der Waals surface area contributed by atoms with Gasteiger partial charge in [-0.15, -0.1) is 11.3 Å². The molecule has 1 N–H and O–H groups in total. The van der Waals surface area contributed by atoms with Crippen molar-refractivity contribution in [3.63, 3.8) is 0 Å². The van der Waals surface area contributed by atoms with E-state index in [4.69, 9.17) is 0 Å². The Morgan fingerprint density at radius 2 is 2.11 bits per heavy atom. The van der Waals surface area contributed by atoms with Crippen molar-refractivity contribution in [2.45, 2.75) is 39.2 Å². The van der Waals surface area contributed by atoms with Crippen molar-refractivity contribution in [1.29, 1.82) is 0 Å². The first-order valence-corrected chi connectivity index (χ1v) is 7.49. The predicted octanol–water partition coefficient (Wildman–Crippen LogP) is 3.17. The van der Waals surface area contributed by atoms with E-state index in [0.29, 0.717) is 0 Å². The lowest BCUT2D eigenvalue weighted by atomic mass is 9.93. The molecule has 0 unspecified atom stereocenters. The van der Waals surface area contributed by atoms with Crippen LogP contribution in [0.2, 0.25) is 0 Å². The molecule has 0 aliphatic rings. The second-order valence-corrected chi connectivity index (χ2v) is 6.57. The lowest BCUT2D eigenvalue weighted by Crippen LogP contribution is -2.17. The lowest BCUT2D eigenvalue weighted by Gasteiger charge is -2.14. The second kappa shape index (κ2) is 6.26. The van der Waals surface area contributed by atoms with Gasteiger partial charge < -0.3 is 5.32 Å². The number of hydrogen-bond acceptors (Lipinski definition) is 4. The lowest BCUT2D eigenvalue weighted by molar-refractivity contribution is 0.569. The van der Waals surface area contributed by atoms with Gasteiger partial charge in [0.2, 0.25) is 0 Å². The summed E-state index contributed by atoms with van der Waals surface area (Å²) >= 11 is 1.76. The van der Waals surface area contributed by atoms with Crippen molar-refractivity contribution in [2.75, 3.05) is 6.54 Å². The second-order valence-electron chi connectivity index (χ2n) is 5.62. The Hall–Kier alpha value is -1.26. The van der Waals surface area contributed by atoms with Gasteiger partial charge in [0, 0.05) is 36.5 Å². The largest absolute Gasteiger partial charge is 0.311 e. The van der Waals surface area contributed by atoms with Crippen molar-refractivity contribution in [3.8, 4) is 0 Å². The van der Waals surface area contributed by atoms with Crippen molar-refractivity contribution >= 4 is 11.3 Å². The number of hydrogen-bond donors (Lipinski definition) is 1. The molecule has 0 spiro atoms. The van der Waals surface area contributed by atoms with Gasteiger partial charge in [0.05, 0.1) is 16.4 Å². The van der Waals surface area contributed by atoms with Gasteiger partial charge in [0.15, 0.2) is 0 Å². The van der Waals surface area contributed by atoms with Crippen LogP contribution in [0.5, 0.6) is 0 Å². The maximum atomic E-state index is 4.69. The van der Waals surface area contributed by atoms with E-state index in [1.54, 1.807) is 11.3 Å². The van der Waals surface area contributed by atoms with Crippen molar-refractivity contribution in [2.24, 2.45) is 0 Å². The molecule has 0 aliphatic carbocycles. The standard InChI is InChI=1S/C15H21N3S/c1-15(2,3)13-11-19-14(18-13)7-9-16-10-12-6-4-5-8-17-12/h4-6,8,11,16H,7,9-10H2,1-3H3. The molecule has 4 heteroatoms. The molecule has 2 aromatic rings. The molecule has 102 valence electrons. The number of pyridine rings is 1. The molecular formula is C15H21N3S. The van der Waals surface area contributed by atoms with Crippen LogP contribution in [-0.4, -0.2) is 16.5 Å². The van der Waals surface area contributed by atoms with Crippen LogP contribution in [0, 0.1) is 0 Å². The Balaban J connectivity index is 1.76. The third-order valence-electron chi connectivity index (χ3n) is 2.87. The van der Waals surface area contributed by atoms with Gasteiger partial charge in [-0.1, -0.05) is 26.8 Å². The molecule has 2 rings (SSSR count). The molecule has 0 radical (unpaired) electrons. The van der Waals surface area contributed by atoms with E-state index in [1.807, 2.05) is 24.4 Å². The number of nitrogens with zero attached hydrogens (tertiary/aromatic N) is 2. The summed E-state index contributed by atoms with van der Waals surface area (Å²) in [5, 5.41) is 6.78. The molecule has 0 saturated heterocycles. The van der Waals surface area contributed by atoms with Crippen LogP contribution in [0.15, 0.2) is 29.8 Å². The van der Waals surface area contributed by atoms with E-state index in [0.717, 1.165) is 25.2 Å². The van der Waals surface area contributed by atoms with E-state index in [1.165, 1.54) is 10.7 Å². The first kappa shape index (κ1) is 14.2. The quantitative estimate of drug-likeness (QED) is 0.852. The zero-order valence-electron chi connectivity index (χ0n) is 11.8. The van der Waals surface area contributed by atoms with Gasteiger partial charge in [-0.3, -0.25) is 4.98 Å². The minimum Gasteiger partial charge on any atom is -0.311 e. The molecule has 0 bridgehead atoms. The third-order valence-corrected chi connectivity index (χ3v) is 3.78. The molecule has 19 heavy (non-hydrogen) atoms. The summed E-state index contributed by atoms with van der Waals surface area (Å²) in [6.07, 6.45) is 2.81. The topological polar surface area (TPSA) is 37.8 Å². The highest BCUT2D eigenvalue weighted by atomic mass is 32.1. The number of rotatable bonds is 5. The van der Waals surface area contributed by atoms with E-state index >= 15 is 0 Å². The van der Waals surface area contributed by atoms with Crippen LogP contribution in [0.4, 0.5) is 0 Å². The van der Waals surface area contributed by atoms with Gasteiger partial charge in [0.1, 0.15) is 0 Å². The van der Waals surface area contributed by atoms with Crippen molar-refractivity contribution in [3.05, 3.63) is 46.2 Å². The first-order chi connectivity index (χ1) is 9.05. The van der Waals surface area contributed by atoms with Gasteiger partial charge in [0.25, 0.3) is 0 Å².